The summed E-state index contributed by atoms with van der Waals surface area (Å²) in [6.07, 6.45) is 0.746. The Kier molecular flexibility index (Phi) is 3.73. The molecular weight excluding hydrogens is 247 g/mol. The molecule has 92 valence electrons. The van der Waals surface area contributed by atoms with Crippen LogP contribution in [0.5, 0.6) is 0 Å². The fourth-order valence-electron chi connectivity index (χ4n) is 1.82. The number of nitrogens with zero attached hydrogens (tertiary/aromatic N) is 2. The first-order valence-corrected chi connectivity index (χ1v) is 6.60. The molecule has 2 nitrogen and oxygen atoms in total. The van der Waals surface area contributed by atoms with Gasteiger partial charge in [0, 0.05) is 10.4 Å². The van der Waals surface area contributed by atoms with Gasteiger partial charge in [0.05, 0.1) is 17.7 Å². The van der Waals surface area contributed by atoms with Crippen molar-refractivity contribution >= 4 is 11.3 Å². The Hall–Kier alpha value is -1.73. The fraction of sp³-hybridized carbons (Fsp3) is 0.286. The molecule has 0 aliphatic heterocycles. The third kappa shape index (κ3) is 2.27. The van der Waals surface area contributed by atoms with Crippen molar-refractivity contribution in [1.82, 2.24) is 4.98 Å². The smallest absolute Gasteiger partial charge is 0.133 e. The second-order valence-corrected chi connectivity index (χ2v) is 5.07. The normalized spacial score (nSPS) is 12.1. The number of halogens is 1. The molecule has 0 spiro atoms. The quantitative estimate of drug-likeness (QED) is 0.826. The highest BCUT2D eigenvalue weighted by molar-refractivity contribution is 7.15. The summed E-state index contributed by atoms with van der Waals surface area (Å²) in [6.45, 7) is 3.84. The molecule has 0 N–H and O–H groups in total. The highest BCUT2D eigenvalue weighted by Crippen LogP contribution is 2.34. The topological polar surface area (TPSA) is 36.7 Å². The zero-order valence-corrected chi connectivity index (χ0v) is 11.1. The van der Waals surface area contributed by atoms with Gasteiger partial charge in [-0.3, -0.25) is 0 Å². The largest absolute Gasteiger partial charge is 0.241 e. The van der Waals surface area contributed by atoms with E-state index in [2.05, 4.69) is 11.1 Å². The van der Waals surface area contributed by atoms with E-state index < -0.39 is 0 Å². The average molecular weight is 260 g/mol. The van der Waals surface area contributed by atoms with Gasteiger partial charge >= 0.3 is 0 Å². The molecule has 0 aliphatic carbocycles. The lowest BCUT2D eigenvalue weighted by Gasteiger charge is -2.01. The van der Waals surface area contributed by atoms with Crippen molar-refractivity contribution in [2.75, 3.05) is 0 Å². The van der Waals surface area contributed by atoms with Crippen LogP contribution in [0.4, 0.5) is 4.39 Å². The third-order valence-electron chi connectivity index (χ3n) is 2.82. The van der Waals surface area contributed by atoms with E-state index in [1.54, 1.807) is 18.2 Å². The van der Waals surface area contributed by atoms with Gasteiger partial charge in [-0.15, -0.1) is 11.3 Å². The van der Waals surface area contributed by atoms with Crippen LogP contribution in [-0.4, -0.2) is 4.98 Å². The summed E-state index contributed by atoms with van der Waals surface area (Å²) in [5.74, 6) is -0.425. The number of hydrogen-bond donors (Lipinski definition) is 0. The highest BCUT2D eigenvalue weighted by Gasteiger charge is 2.18. The van der Waals surface area contributed by atoms with Crippen LogP contribution >= 0.6 is 11.3 Å². The standard InChI is InChI=1S/C14H13FN2S/c1-3-10(8-16)13-9(2)17-14(18-13)11-6-4-5-7-12(11)15/h4-7,10H,3H2,1-2H3. The molecule has 0 amide bonds. The van der Waals surface area contributed by atoms with E-state index in [1.165, 1.54) is 17.4 Å². The van der Waals surface area contributed by atoms with Crippen LogP contribution in [0.15, 0.2) is 24.3 Å². The summed E-state index contributed by atoms with van der Waals surface area (Å²) in [4.78, 5) is 5.33. The van der Waals surface area contributed by atoms with E-state index >= 15 is 0 Å². The molecule has 0 radical (unpaired) electrons. The van der Waals surface area contributed by atoms with Crippen molar-refractivity contribution in [2.45, 2.75) is 26.2 Å². The molecule has 1 unspecified atom stereocenters. The zero-order chi connectivity index (χ0) is 13.1. The number of aromatic nitrogens is 1. The summed E-state index contributed by atoms with van der Waals surface area (Å²) in [5, 5.41) is 9.74. The van der Waals surface area contributed by atoms with Crippen molar-refractivity contribution in [2.24, 2.45) is 0 Å². The maximum absolute atomic E-state index is 13.7. The first kappa shape index (κ1) is 12.7. The molecule has 2 rings (SSSR count). The minimum atomic E-state index is -0.275. The van der Waals surface area contributed by atoms with Crippen LogP contribution in [0.3, 0.4) is 0 Å². The van der Waals surface area contributed by atoms with Crippen LogP contribution in [0.2, 0.25) is 0 Å². The van der Waals surface area contributed by atoms with Gasteiger partial charge in [0.25, 0.3) is 0 Å². The number of rotatable bonds is 3. The first-order chi connectivity index (χ1) is 8.67. The maximum atomic E-state index is 13.7. The molecule has 1 aromatic heterocycles. The number of aryl methyl sites for hydroxylation is 1. The van der Waals surface area contributed by atoms with Gasteiger partial charge in [0.2, 0.25) is 0 Å². The second-order valence-electron chi connectivity index (χ2n) is 4.04. The lowest BCUT2D eigenvalue weighted by molar-refractivity contribution is 0.631. The lowest BCUT2D eigenvalue weighted by atomic mass is 10.1. The molecular formula is C14H13FN2S. The summed E-state index contributed by atoms with van der Waals surface area (Å²) >= 11 is 1.41. The Morgan fingerprint density at radius 2 is 2.17 bits per heavy atom. The number of hydrogen-bond acceptors (Lipinski definition) is 3. The van der Waals surface area contributed by atoms with Crippen molar-refractivity contribution in [1.29, 1.82) is 5.26 Å². The molecule has 4 heteroatoms. The SMILES string of the molecule is CCC(C#N)c1sc(-c2ccccc2F)nc1C. The molecule has 1 aromatic carbocycles. The predicted molar refractivity (Wildman–Crippen MR) is 70.9 cm³/mol. The van der Waals surface area contributed by atoms with Gasteiger partial charge < -0.3 is 0 Å². The van der Waals surface area contributed by atoms with Gasteiger partial charge in [0.1, 0.15) is 10.8 Å². The van der Waals surface area contributed by atoms with Crippen molar-refractivity contribution < 1.29 is 4.39 Å². The maximum Gasteiger partial charge on any atom is 0.133 e. The van der Waals surface area contributed by atoms with E-state index in [1.807, 2.05) is 13.8 Å². The van der Waals surface area contributed by atoms with E-state index in [4.69, 9.17) is 5.26 Å². The van der Waals surface area contributed by atoms with Gasteiger partial charge in [-0.2, -0.15) is 5.26 Å². The molecule has 0 saturated carbocycles. The molecule has 0 fully saturated rings. The molecule has 1 heterocycles. The minimum absolute atomic E-state index is 0.150. The number of thiazole rings is 1. The Balaban J connectivity index is 2.47. The van der Waals surface area contributed by atoms with Gasteiger partial charge in [0.15, 0.2) is 0 Å². The first-order valence-electron chi connectivity index (χ1n) is 5.79. The molecule has 18 heavy (non-hydrogen) atoms. The Morgan fingerprint density at radius 1 is 1.44 bits per heavy atom. The summed E-state index contributed by atoms with van der Waals surface area (Å²) < 4.78 is 13.7. The average Bonchev–Trinajstić information content (AvgIpc) is 2.74. The fourth-order valence-corrected chi connectivity index (χ4v) is 3.04. The van der Waals surface area contributed by atoms with E-state index in [9.17, 15) is 4.39 Å². The molecule has 1 atom stereocenters. The molecule has 0 aliphatic rings. The van der Waals surface area contributed by atoms with Crippen LogP contribution in [-0.2, 0) is 0 Å². The van der Waals surface area contributed by atoms with Crippen molar-refractivity contribution in [3.63, 3.8) is 0 Å². The van der Waals surface area contributed by atoms with Crippen molar-refractivity contribution in [3.8, 4) is 16.6 Å². The number of benzene rings is 1. The molecule has 2 aromatic rings. The monoisotopic (exact) mass is 260 g/mol. The van der Waals surface area contributed by atoms with Crippen LogP contribution < -0.4 is 0 Å². The lowest BCUT2D eigenvalue weighted by Crippen LogP contribution is -1.92. The molecule has 0 bridgehead atoms. The summed E-state index contributed by atoms with van der Waals surface area (Å²) in [7, 11) is 0. The van der Waals surface area contributed by atoms with Crippen LogP contribution in [0, 0.1) is 24.1 Å². The minimum Gasteiger partial charge on any atom is -0.241 e. The van der Waals surface area contributed by atoms with Gasteiger partial charge in [-0.25, -0.2) is 9.37 Å². The Bertz CT molecular complexity index is 598. The second kappa shape index (κ2) is 5.28. The van der Waals surface area contributed by atoms with E-state index in [0.29, 0.717) is 10.6 Å². The zero-order valence-electron chi connectivity index (χ0n) is 10.3. The summed E-state index contributed by atoms with van der Waals surface area (Å²) in [5.41, 5.74) is 1.33. The van der Waals surface area contributed by atoms with Gasteiger partial charge in [-0.05, 0) is 25.5 Å². The van der Waals surface area contributed by atoms with E-state index in [-0.39, 0.29) is 11.7 Å². The third-order valence-corrected chi connectivity index (χ3v) is 4.12. The number of nitriles is 1. The van der Waals surface area contributed by atoms with Crippen LogP contribution in [0.25, 0.3) is 10.6 Å². The Morgan fingerprint density at radius 3 is 2.78 bits per heavy atom. The van der Waals surface area contributed by atoms with Gasteiger partial charge in [-0.1, -0.05) is 19.1 Å². The Labute approximate surface area is 110 Å². The van der Waals surface area contributed by atoms with Crippen LogP contribution in [0.1, 0.15) is 29.8 Å². The highest BCUT2D eigenvalue weighted by atomic mass is 32.1. The molecule has 0 saturated heterocycles. The summed E-state index contributed by atoms with van der Waals surface area (Å²) in [6, 6.07) is 8.85. The van der Waals surface area contributed by atoms with E-state index in [0.717, 1.165) is 17.0 Å². The van der Waals surface area contributed by atoms with Crippen molar-refractivity contribution in [3.05, 3.63) is 40.7 Å². The predicted octanol–water partition coefficient (Wildman–Crippen LogP) is 4.27.